The molecule has 1 saturated heterocycles. The van der Waals surface area contributed by atoms with Gasteiger partial charge in [0.1, 0.15) is 0 Å². The molecular formula is C21H28N2O2. The average molecular weight is 340 g/mol. The molecule has 0 radical (unpaired) electrons. The fourth-order valence-electron chi connectivity index (χ4n) is 4.02. The van der Waals surface area contributed by atoms with Gasteiger partial charge in [0.15, 0.2) is 5.78 Å². The lowest BCUT2D eigenvalue weighted by Gasteiger charge is -2.38. The molecule has 2 heterocycles. The van der Waals surface area contributed by atoms with Crippen LogP contribution in [0.25, 0.3) is 0 Å². The van der Waals surface area contributed by atoms with Gasteiger partial charge in [0.25, 0.3) is 0 Å². The van der Waals surface area contributed by atoms with Crippen LogP contribution in [0.4, 0.5) is 0 Å². The molecule has 0 saturated carbocycles. The van der Waals surface area contributed by atoms with Gasteiger partial charge in [-0.25, -0.2) is 0 Å². The van der Waals surface area contributed by atoms with Crippen LogP contribution in [-0.2, 0) is 9.59 Å². The summed E-state index contributed by atoms with van der Waals surface area (Å²) in [4.78, 5) is 26.7. The number of piperidine rings is 1. The molecule has 2 atom stereocenters. The van der Waals surface area contributed by atoms with Crippen molar-refractivity contribution in [1.82, 2.24) is 10.2 Å². The van der Waals surface area contributed by atoms with Crippen LogP contribution in [-0.4, -0.2) is 41.8 Å². The van der Waals surface area contributed by atoms with Crippen LogP contribution in [0.2, 0.25) is 0 Å². The van der Waals surface area contributed by atoms with Crippen molar-refractivity contribution >= 4 is 11.7 Å². The Hall–Kier alpha value is -1.94. The molecule has 134 valence electrons. The SMILES string of the molecule is CCC(=O)C(/C1=C/C=C\C=C(\CC)CC1)N1CCC2NC(=O)C=C2C1. The Morgan fingerprint density at radius 3 is 2.84 bits per heavy atom. The Morgan fingerprint density at radius 2 is 2.08 bits per heavy atom. The molecule has 0 aromatic heterocycles. The molecule has 2 aliphatic heterocycles. The third-order valence-electron chi connectivity index (χ3n) is 5.48. The highest BCUT2D eigenvalue weighted by atomic mass is 16.1. The number of hydrogen-bond acceptors (Lipinski definition) is 3. The van der Waals surface area contributed by atoms with Crippen LogP contribution in [0.1, 0.15) is 46.0 Å². The van der Waals surface area contributed by atoms with Crippen LogP contribution in [0.3, 0.4) is 0 Å². The van der Waals surface area contributed by atoms with Crippen LogP contribution in [0.5, 0.6) is 0 Å². The predicted octanol–water partition coefficient (Wildman–Crippen LogP) is 3.08. The molecule has 1 N–H and O–H groups in total. The Morgan fingerprint density at radius 1 is 1.28 bits per heavy atom. The van der Waals surface area contributed by atoms with Gasteiger partial charge in [0, 0.05) is 25.6 Å². The summed E-state index contributed by atoms with van der Waals surface area (Å²) in [5.41, 5.74) is 3.76. The lowest BCUT2D eigenvalue weighted by atomic mass is 9.89. The van der Waals surface area contributed by atoms with E-state index in [2.05, 4.69) is 41.4 Å². The Kier molecular flexibility index (Phi) is 5.69. The van der Waals surface area contributed by atoms with Gasteiger partial charge < -0.3 is 5.32 Å². The topological polar surface area (TPSA) is 49.4 Å². The summed E-state index contributed by atoms with van der Waals surface area (Å²) in [5, 5.41) is 2.99. The van der Waals surface area contributed by atoms with E-state index < -0.39 is 0 Å². The minimum atomic E-state index is -0.164. The van der Waals surface area contributed by atoms with Crippen molar-refractivity contribution in [2.45, 2.75) is 58.0 Å². The Labute approximate surface area is 150 Å². The van der Waals surface area contributed by atoms with E-state index in [1.165, 1.54) is 11.1 Å². The van der Waals surface area contributed by atoms with Crippen molar-refractivity contribution in [3.05, 3.63) is 47.1 Å². The lowest BCUT2D eigenvalue weighted by molar-refractivity contribution is -0.123. The summed E-state index contributed by atoms with van der Waals surface area (Å²) in [5.74, 6) is 0.282. The van der Waals surface area contributed by atoms with Gasteiger partial charge in [0.05, 0.1) is 12.1 Å². The molecule has 0 aromatic rings. The van der Waals surface area contributed by atoms with E-state index in [0.717, 1.165) is 37.8 Å². The van der Waals surface area contributed by atoms with Crippen molar-refractivity contribution in [3.8, 4) is 0 Å². The molecule has 0 aromatic carbocycles. The summed E-state index contributed by atoms with van der Waals surface area (Å²) < 4.78 is 0. The van der Waals surface area contributed by atoms with Crippen LogP contribution >= 0.6 is 0 Å². The van der Waals surface area contributed by atoms with E-state index in [-0.39, 0.29) is 23.8 Å². The number of nitrogens with one attached hydrogen (secondary N) is 1. The molecule has 2 unspecified atom stereocenters. The van der Waals surface area contributed by atoms with E-state index in [1.807, 2.05) is 6.92 Å². The fourth-order valence-corrected chi connectivity index (χ4v) is 4.02. The highest BCUT2D eigenvalue weighted by molar-refractivity contribution is 5.92. The monoisotopic (exact) mass is 340 g/mol. The number of allylic oxidation sites excluding steroid dienone is 5. The quantitative estimate of drug-likeness (QED) is 0.837. The number of carbonyl (C=O) groups is 2. The highest BCUT2D eigenvalue weighted by Gasteiger charge is 2.35. The summed E-state index contributed by atoms with van der Waals surface area (Å²) >= 11 is 0. The van der Waals surface area contributed by atoms with Crippen molar-refractivity contribution in [1.29, 1.82) is 0 Å². The Balaban J connectivity index is 1.82. The normalized spacial score (nSPS) is 30.6. The molecule has 3 aliphatic rings. The second kappa shape index (κ2) is 7.96. The zero-order chi connectivity index (χ0) is 17.8. The van der Waals surface area contributed by atoms with E-state index in [9.17, 15) is 9.59 Å². The molecule has 1 aliphatic carbocycles. The number of ketones is 1. The van der Waals surface area contributed by atoms with Crippen LogP contribution in [0, 0.1) is 0 Å². The highest BCUT2D eigenvalue weighted by Crippen LogP contribution is 2.28. The molecular weight excluding hydrogens is 312 g/mol. The summed E-state index contributed by atoms with van der Waals surface area (Å²) in [6.45, 7) is 5.67. The van der Waals surface area contributed by atoms with Gasteiger partial charge in [-0.3, -0.25) is 14.5 Å². The van der Waals surface area contributed by atoms with E-state index in [1.54, 1.807) is 6.08 Å². The minimum Gasteiger partial charge on any atom is -0.346 e. The zero-order valence-corrected chi connectivity index (χ0v) is 15.3. The second-order valence-electron chi connectivity index (χ2n) is 7.07. The predicted molar refractivity (Wildman–Crippen MR) is 100 cm³/mol. The van der Waals surface area contributed by atoms with Crippen molar-refractivity contribution in [2.24, 2.45) is 0 Å². The van der Waals surface area contributed by atoms with Gasteiger partial charge in [-0.1, -0.05) is 43.7 Å². The summed E-state index contributed by atoms with van der Waals surface area (Å²) in [7, 11) is 0. The van der Waals surface area contributed by atoms with Gasteiger partial charge in [-0.05, 0) is 36.8 Å². The first-order valence-electron chi connectivity index (χ1n) is 9.45. The number of fused-ring (bicyclic) bond motifs is 1. The number of rotatable bonds is 5. The van der Waals surface area contributed by atoms with Gasteiger partial charge in [0.2, 0.25) is 5.91 Å². The van der Waals surface area contributed by atoms with Crippen LogP contribution in [0.15, 0.2) is 47.1 Å². The lowest BCUT2D eigenvalue weighted by Crippen LogP contribution is -2.50. The largest absolute Gasteiger partial charge is 0.346 e. The van der Waals surface area contributed by atoms with Crippen LogP contribution < -0.4 is 5.32 Å². The van der Waals surface area contributed by atoms with Crippen molar-refractivity contribution in [3.63, 3.8) is 0 Å². The first-order chi connectivity index (χ1) is 12.1. The second-order valence-corrected chi connectivity index (χ2v) is 7.07. The number of nitrogens with zero attached hydrogens (tertiary/aromatic N) is 1. The van der Waals surface area contributed by atoms with Gasteiger partial charge >= 0.3 is 0 Å². The van der Waals surface area contributed by atoms with E-state index >= 15 is 0 Å². The standard InChI is InChI=1S/C21H28N2O2/c1-3-15-7-5-6-8-16(10-9-15)21(19(24)4-2)23-12-11-18-17(14-23)13-20(25)22-18/h5-8,13,18,21H,3-4,9-12,14H2,1-2H3,(H,22,25)/b6-5-,15-7-,16-8+. The average Bonchev–Trinajstić information content (AvgIpc) is 2.96. The van der Waals surface area contributed by atoms with Gasteiger partial charge in [-0.2, -0.15) is 0 Å². The maximum Gasteiger partial charge on any atom is 0.244 e. The molecule has 4 heteroatoms. The summed E-state index contributed by atoms with van der Waals surface area (Å²) in [6.07, 6.45) is 14.6. The molecule has 0 spiro atoms. The molecule has 4 nitrogen and oxygen atoms in total. The molecule has 25 heavy (non-hydrogen) atoms. The number of Topliss-reactive ketones (excluding diaryl/α,β-unsaturated/α-hetero) is 1. The molecule has 1 fully saturated rings. The minimum absolute atomic E-state index is 0.00560. The number of amides is 1. The first kappa shape index (κ1) is 17.9. The molecule has 1 amide bonds. The third-order valence-corrected chi connectivity index (χ3v) is 5.48. The first-order valence-corrected chi connectivity index (χ1v) is 9.45. The molecule has 3 rings (SSSR count). The third kappa shape index (κ3) is 4.01. The zero-order valence-electron chi connectivity index (χ0n) is 15.3. The van der Waals surface area contributed by atoms with E-state index in [0.29, 0.717) is 13.0 Å². The van der Waals surface area contributed by atoms with E-state index in [4.69, 9.17) is 0 Å². The summed E-state index contributed by atoms with van der Waals surface area (Å²) in [6, 6.07) is 0.00498. The van der Waals surface area contributed by atoms with Crippen molar-refractivity contribution in [2.75, 3.05) is 13.1 Å². The maximum atomic E-state index is 12.8. The van der Waals surface area contributed by atoms with Gasteiger partial charge in [-0.15, -0.1) is 0 Å². The smallest absolute Gasteiger partial charge is 0.244 e. The Bertz CT molecular complexity index is 669. The fraction of sp³-hybridized carbons (Fsp3) is 0.524. The number of carbonyl (C=O) groups excluding carboxylic acids is 2. The van der Waals surface area contributed by atoms with Crippen molar-refractivity contribution < 1.29 is 9.59 Å². The molecule has 0 bridgehead atoms. The number of hydrogen-bond donors (Lipinski definition) is 1. The number of likely N-dealkylation sites (tertiary alicyclic amines) is 1. The maximum absolute atomic E-state index is 12.8.